The van der Waals surface area contributed by atoms with Crippen molar-refractivity contribution < 1.29 is 22.7 Å². The Kier molecular flexibility index (Phi) is 3.68. The van der Waals surface area contributed by atoms with Gasteiger partial charge in [-0.15, -0.1) is 0 Å². The van der Waals surface area contributed by atoms with E-state index < -0.39 is 26.6 Å². The van der Waals surface area contributed by atoms with E-state index in [-0.39, 0.29) is 17.9 Å². The first kappa shape index (κ1) is 15.9. The second-order valence-electron chi connectivity index (χ2n) is 5.74. The molecule has 3 heterocycles. The third-order valence-electron chi connectivity index (χ3n) is 4.52. The minimum Gasteiger partial charge on any atom is -0.464 e. The van der Waals surface area contributed by atoms with Crippen molar-refractivity contribution in [2.45, 2.75) is 24.0 Å². The van der Waals surface area contributed by atoms with Crippen molar-refractivity contribution in [3.05, 3.63) is 11.8 Å². The Bertz CT molecular complexity index is 767. The van der Waals surface area contributed by atoms with Crippen LogP contribution in [0.2, 0.25) is 0 Å². The van der Waals surface area contributed by atoms with Crippen molar-refractivity contribution in [1.29, 1.82) is 0 Å². The zero-order valence-electron chi connectivity index (χ0n) is 12.9. The maximum atomic E-state index is 12.6. The fourth-order valence-electron chi connectivity index (χ4n) is 3.23. The highest BCUT2D eigenvalue weighted by Gasteiger charge is 2.59. The Morgan fingerprint density at radius 1 is 1.35 bits per heavy atom. The van der Waals surface area contributed by atoms with Crippen LogP contribution in [0.3, 0.4) is 0 Å². The molecule has 0 saturated carbocycles. The van der Waals surface area contributed by atoms with Gasteiger partial charge in [0.05, 0.1) is 7.11 Å². The molecule has 2 saturated heterocycles. The molecule has 2 fully saturated rings. The molecule has 1 amide bonds. The number of nitrogens with one attached hydrogen (secondary N) is 1. The summed E-state index contributed by atoms with van der Waals surface area (Å²) in [5.74, 6) is -1.04. The summed E-state index contributed by atoms with van der Waals surface area (Å²) in [4.78, 5) is 24.2. The van der Waals surface area contributed by atoms with E-state index in [1.807, 2.05) is 0 Å². The van der Waals surface area contributed by atoms with Gasteiger partial charge in [-0.3, -0.25) is 9.48 Å². The summed E-state index contributed by atoms with van der Waals surface area (Å²) in [6, 6.07) is 1.36. The Morgan fingerprint density at radius 2 is 2.09 bits per heavy atom. The van der Waals surface area contributed by atoms with Crippen molar-refractivity contribution in [2.24, 2.45) is 7.05 Å². The number of rotatable bonds is 3. The molecular weight excluding hydrogens is 324 g/mol. The second-order valence-corrected chi connectivity index (χ2v) is 7.98. The van der Waals surface area contributed by atoms with Crippen molar-refractivity contribution >= 4 is 27.7 Å². The van der Waals surface area contributed by atoms with Crippen molar-refractivity contribution in [1.82, 2.24) is 14.1 Å². The lowest BCUT2D eigenvalue weighted by Gasteiger charge is -2.31. The number of aryl methyl sites for hydroxylation is 1. The number of carbonyl (C=O) groups is 2. The van der Waals surface area contributed by atoms with Gasteiger partial charge < -0.3 is 10.1 Å². The highest BCUT2D eigenvalue weighted by molar-refractivity contribution is 7.91. The SMILES string of the molecule is COC(=O)c1cc(NC(=O)C23CCCN(CC2)S3(=O)=O)nn1C. The standard InChI is InChI=1S/C13H18N4O5S/c1-16-9(11(18)22-2)8-10(15-16)14-12(19)13-4-3-6-17(7-5-13)23(13,20)21/h8H,3-7H2,1-2H3,(H,14,15,19). The molecule has 3 rings (SSSR count). The molecule has 2 aliphatic heterocycles. The van der Waals surface area contributed by atoms with Crippen LogP contribution in [0.15, 0.2) is 6.07 Å². The van der Waals surface area contributed by atoms with E-state index in [2.05, 4.69) is 15.2 Å². The molecule has 2 aliphatic rings. The lowest BCUT2D eigenvalue weighted by atomic mass is 9.98. The molecule has 0 spiro atoms. The summed E-state index contributed by atoms with van der Waals surface area (Å²) in [6.45, 7) is 0.832. The fourth-order valence-corrected chi connectivity index (χ4v) is 5.46. The third kappa shape index (κ3) is 2.24. The smallest absolute Gasteiger partial charge is 0.356 e. The number of methoxy groups -OCH3 is 1. The number of carbonyl (C=O) groups excluding carboxylic acids is 2. The number of aromatic nitrogens is 2. The van der Waals surface area contributed by atoms with Crippen LogP contribution in [0.25, 0.3) is 0 Å². The largest absolute Gasteiger partial charge is 0.464 e. The molecule has 1 aromatic rings. The van der Waals surface area contributed by atoms with E-state index in [1.54, 1.807) is 0 Å². The third-order valence-corrected chi connectivity index (χ3v) is 7.14. The summed E-state index contributed by atoms with van der Waals surface area (Å²) in [5, 5.41) is 6.56. The highest BCUT2D eigenvalue weighted by Crippen LogP contribution is 2.41. The maximum absolute atomic E-state index is 12.6. The first-order chi connectivity index (χ1) is 10.8. The fraction of sp³-hybridized carbons (Fsp3) is 0.615. The number of sulfonamides is 1. The number of amides is 1. The molecule has 2 atom stereocenters. The molecular formula is C13H18N4O5S. The lowest BCUT2D eigenvalue weighted by molar-refractivity contribution is -0.118. The van der Waals surface area contributed by atoms with E-state index in [0.29, 0.717) is 25.9 Å². The Morgan fingerprint density at radius 3 is 2.78 bits per heavy atom. The van der Waals surface area contributed by atoms with E-state index in [4.69, 9.17) is 0 Å². The molecule has 9 nitrogen and oxygen atoms in total. The number of esters is 1. The summed E-state index contributed by atoms with van der Waals surface area (Å²) in [5.41, 5.74) is 0.167. The number of anilines is 1. The van der Waals surface area contributed by atoms with Gasteiger partial charge in [0.15, 0.2) is 10.6 Å². The number of hydrogen-bond donors (Lipinski definition) is 1. The number of hydrogen-bond acceptors (Lipinski definition) is 6. The van der Waals surface area contributed by atoms with E-state index in [1.165, 1.54) is 29.2 Å². The van der Waals surface area contributed by atoms with E-state index in [9.17, 15) is 18.0 Å². The van der Waals surface area contributed by atoms with Crippen LogP contribution in [0.1, 0.15) is 29.8 Å². The van der Waals surface area contributed by atoms with Crippen LogP contribution in [-0.4, -0.2) is 59.3 Å². The first-order valence-corrected chi connectivity index (χ1v) is 8.69. The highest BCUT2D eigenvalue weighted by atomic mass is 32.2. The maximum Gasteiger partial charge on any atom is 0.356 e. The summed E-state index contributed by atoms with van der Waals surface area (Å²) < 4.78 is 30.9. The lowest BCUT2D eigenvalue weighted by Crippen LogP contribution is -2.52. The first-order valence-electron chi connectivity index (χ1n) is 7.25. The average Bonchev–Trinajstić information content (AvgIpc) is 2.87. The molecule has 1 aromatic heterocycles. The van der Waals surface area contributed by atoms with E-state index >= 15 is 0 Å². The molecule has 0 radical (unpaired) electrons. The number of nitrogens with zero attached hydrogens (tertiary/aromatic N) is 3. The van der Waals surface area contributed by atoms with Crippen LogP contribution < -0.4 is 5.32 Å². The average molecular weight is 342 g/mol. The van der Waals surface area contributed by atoms with Crippen LogP contribution >= 0.6 is 0 Å². The van der Waals surface area contributed by atoms with Gasteiger partial charge in [0.1, 0.15) is 5.69 Å². The van der Waals surface area contributed by atoms with E-state index in [0.717, 1.165) is 0 Å². The molecule has 0 aromatic carbocycles. The Labute approximate surface area is 133 Å². The van der Waals surface area contributed by atoms with Crippen LogP contribution in [0, 0.1) is 0 Å². The second kappa shape index (κ2) is 5.31. The number of fused-ring (bicyclic) bond motifs is 2. The predicted octanol–water partition coefficient (Wildman–Crippen LogP) is -0.287. The Balaban J connectivity index is 1.87. The number of ether oxygens (including phenoxy) is 1. The Hall–Kier alpha value is -1.94. The molecule has 2 unspecified atom stereocenters. The summed E-state index contributed by atoms with van der Waals surface area (Å²) in [6.07, 6.45) is 1.23. The molecule has 1 N–H and O–H groups in total. The minimum atomic E-state index is -3.64. The monoisotopic (exact) mass is 342 g/mol. The van der Waals surface area contributed by atoms with Gasteiger partial charge in [-0.2, -0.15) is 5.10 Å². The zero-order chi connectivity index (χ0) is 16.8. The van der Waals surface area contributed by atoms with Crippen molar-refractivity contribution in [3.63, 3.8) is 0 Å². The van der Waals surface area contributed by atoms with Gasteiger partial charge in [0, 0.05) is 26.2 Å². The van der Waals surface area contributed by atoms with Crippen LogP contribution in [-0.2, 0) is 26.6 Å². The molecule has 126 valence electrons. The summed E-state index contributed by atoms with van der Waals surface area (Å²) >= 11 is 0. The minimum absolute atomic E-state index is 0.131. The zero-order valence-corrected chi connectivity index (χ0v) is 13.7. The van der Waals surface area contributed by atoms with Gasteiger partial charge >= 0.3 is 5.97 Å². The molecule has 2 bridgehead atoms. The topological polar surface area (TPSA) is 111 Å². The predicted molar refractivity (Wildman–Crippen MR) is 80.3 cm³/mol. The summed E-state index contributed by atoms with van der Waals surface area (Å²) in [7, 11) is -0.858. The van der Waals surface area contributed by atoms with Crippen molar-refractivity contribution in [2.75, 3.05) is 25.5 Å². The van der Waals surface area contributed by atoms with Gasteiger partial charge in [-0.05, 0) is 19.3 Å². The quantitative estimate of drug-likeness (QED) is 0.756. The normalized spacial score (nSPS) is 28.3. The van der Waals surface area contributed by atoms with Crippen molar-refractivity contribution in [3.8, 4) is 0 Å². The molecule has 10 heteroatoms. The van der Waals surface area contributed by atoms with Gasteiger partial charge in [0.2, 0.25) is 15.9 Å². The van der Waals surface area contributed by atoms with Crippen LogP contribution in [0.4, 0.5) is 5.82 Å². The van der Waals surface area contributed by atoms with Gasteiger partial charge in [0.25, 0.3) is 0 Å². The molecule has 0 aliphatic carbocycles. The van der Waals surface area contributed by atoms with Gasteiger partial charge in [-0.1, -0.05) is 0 Å². The van der Waals surface area contributed by atoms with Crippen LogP contribution in [0.5, 0.6) is 0 Å². The molecule has 23 heavy (non-hydrogen) atoms. The van der Waals surface area contributed by atoms with Gasteiger partial charge in [-0.25, -0.2) is 17.5 Å².